The molecule has 0 rings (SSSR count). The van der Waals surface area contributed by atoms with Gasteiger partial charge >= 0.3 is 12.0 Å². The number of hydrogen-bond acceptors (Lipinski definition) is 3. The molecular formula is C12H22N2O3S. The van der Waals surface area contributed by atoms with Crippen molar-refractivity contribution >= 4 is 23.8 Å². The number of carboxylic acids is 1. The Kier molecular flexibility index (Phi) is 9.18. The Morgan fingerprint density at radius 1 is 1.50 bits per heavy atom. The highest BCUT2D eigenvalue weighted by atomic mass is 32.2. The molecule has 6 heteroatoms. The molecule has 0 aromatic heterocycles. The number of nitrogens with one attached hydrogen (secondary N) is 2. The largest absolute Gasteiger partial charge is 0.480 e. The summed E-state index contributed by atoms with van der Waals surface area (Å²) in [6.07, 6.45) is 2.50. The van der Waals surface area contributed by atoms with E-state index in [1.54, 1.807) is 24.8 Å². The lowest BCUT2D eigenvalue weighted by atomic mass is 9.99. The first kappa shape index (κ1) is 16.8. The molecule has 5 nitrogen and oxygen atoms in total. The van der Waals surface area contributed by atoms with Gasteiger partial charge in [0, 0.05) is 18.1 Å². The number of rotatable bonds is 9. The van der Waals surface area contributed by atoms with Gasteiger partial charge in [0.25, 0.3) is 0 Å². The number of carboxylic acid groups (broad SMARTS) is 1. The Labute approximate surface area is 112 Å². The first-order valence-electron chi connectivity index (χ1n) is 5.98. The van der Waals surface area contributed by atoms with Crippen molar-refractivity contribution in [2.45, 2.75) is 26.3 Å². The summed E-state index contributed by atoms with van der Waals surface area (Å²) in [5.74, 6) is 0.526. The highest BCUT2D eigenvalue weighted by molar-refractivity contribution is 7.99. The van der Waals surface area contributed by atoms with Crippen molar-refractivity contribution in [3.8, 4) is 0 Å². The Morgan fingerprint density at radius 3 is 2.67 bits per heavy atom. The Hall–Kier alpha value is -1.17. The van der Waals surface area contributed by atoms with Crippen LogP contribution in [-0.2, 0) is 4.79 Å². The van der Waals surface area contributed by atoms with Gasteiger partial charge in [0.2, 0.25) is 0 Å². The lowest BCUT2D eigenvalue weighted by Crippen LogP contribution is -2.49. The number of aliphatic carboxylic acids is 1. The monoisotopic (exact) mass is 274 g/mol. The highest BCUT2D eigenvalue weighted by Gasteiger charge is 2.24. The predicted molar refractivity (Wildman–Crippen MR) is 74.9 cm³/mol. The summed E-state index contributed by atoms with van der Waals surface area (Å²) in [6.45, 7) is 7.81. The molecule has 0 aliphatic carbocycles. The topological polar surface area (TPSA) is 78.4 Å². The second-order valence-electron chi connectivity index (χ2n) is 3.97. The predicted octanol–water partition coefficient (Wildman–Crippen LogP) is 1.70. The summed E-state index contributed by atoms with van der Waals surface area (Å²) in [7, 11) is 0. The van der Waals surface area contributed by atoms with Crippen molar-refractivity contribution in [1.82, 2.24) is 10.6 Å². The number of urea groups is 1. The number of carbonyl (C=O) groups is 2. The minimum atomic E-state index is -1.000. The quantitative estimate of drug-likeness (QED) is 0.442. The standard InChI is InChI=1S/C12H22N2O3S/c1-4-7-18-8-6-13-12(17)14-10(11(15)16)9(3)5-2/h4,9-10H,1,5-8H2,2-3H3,(H,15,16)(H2,13,14,17)/t9-,10-/m0/s1. The zero-order valence-electron chi connectivity index (χ0n) is 10.9. The molecule has 0 saturated heterocycles. The van der Waals surface area contributed by atoms with Crippen LogP contribution in [0.3, 0.4) is 0 Å². The van der Waals surface area contributed by atoms with Crippen LogP contribution in [0.25, 0.3) is 0 Å². The van der Waals surface area contributed by atoms with Gasteiger partial charge in [-0.1, -0.05) is 26.3 Å². The molecule has 0 aliphatic heterocycles. The zero-order chi connectivity index (χ0) is 14.0. The number of hydrogen-bond donors (Lipinski definition) is 3. The van der Waals surface area contributed by atoms with Crippen molar-refractivity contribution in [3.05, 3.63) is 12.7 Å². The van der Waals surface area contributed by atoms with Crippen LogP contribution in [-0.4, -0.2) is 41.2 Å². The molecule has 0 unspecified atom stereocenters. The minimum Gasteiger partial charge on any atom is -0.480 e. The smallest absolute Gasteiger partial charge is 0.326 e. The summed E-state index contributed by atoms with van der Waals surface area (Å²) in [5, 5.41) is 14.1. The maximum atomic E-state index is 11.5. The normalized spacial score (nSPS) is 13.4. The van der Waals surface area contributed by atoms with E-state index < -0.39 is 18.0 Å². The molecule has 104 valence electrons. The van der Waals surface area contributed by atoms with Crippen LogP contribution in [0.4, 0.5) is 4.79 Å². The minimum absolute atomic E-state index is 0.0941. The van der Waals surface area contributed by atoms with Gasteiger partial charge in [0.05, 0.1) is 0 Å². The van der Waals surface area contributed by atoms with E-state index in [0.717, 1.165) is 11.5 Å². The van der Waals surface area contributed by atoms with E-state index in [-0.39, 0.29) is 5.92 Å². The van der Waals surface area contributed by atoms with Crippen LogP contribution in [0.15, 0.2) is 12.7 Å². The maximum Gasteiger partial charge on any atom is 0.326 e. The lowest BCUT2D eigenvalue weighted by molar-refractivity contribution is -0.140. The average Bonchev–Trinajstić information content (AvgIpc) is 2.34. The van der Waals surface area contributed by atoms with Gasteiger partial charge in [-0.25, -0.2) is 9.59 Å². The van der Waals surface area contributed by atoms with Gasteiger partial charge in [-0.2, -0.15) is 11.8 Å². The summed E-state index contributed by atoms with van der Waals surface area (Å²) in [6, 6.07) is -1.27. The molecule has 0 aliphatic rings. The fraction of sp³-hybridized carbons (Fsp3) is 0.667. The second-order valence-corrected chi connectivity index (χ2v) is 5.12. The summed E-state index contributed by atoms with van der Waals surface area (Å²) in [4.78, 5) is 22.5. The average molecular weight is 274 g/mol. The molecule has 0 aromatic rings. The zero-order valence-corrected chi connectivity index (χ0v) is 11.8. The third kappa shape index (κ3) is 7.21. The molecule has 2 amide bonds. The van der Waals surface area contributed by atoms with Gasteiger partial charge in [0.1, 0.15) is 6.04 Å². The molecule has 0 saturated carbocycles. The molecule has 18 heavy (non-hydrogen) atoms. The fourth-order valence-corrected chi connectivity index (χ4v) is 1.86. The van der Waals surface area contributed by atoms with E-state index in [0.29, 0.717) is 13.0 Å². The van der Waals surface area contributed by atoms with Crippen molar-refractivity contribution < 1.29 is 14.7 Å². The van der Waals surface area contributed by atoms with Crippen LogP contribution in [0.2, 0.25) is 0 Å². The van der Waals surface area contributed by atoms with Crippen LogP contribution in [0, 0.1) is 5.92 Å². The van der Waals surface area contributed by atoms with E-state index in [4.69, 9.17) is 5.11 Å². The molecule has 2 atom stereocenters. The van der Waals surface area contributed by atoms with Gasteiger partial charge < -0.3 is 15.7 Å². The summed E-state index contributed by atoms with van der Waals surface area (Å²) in [5.41, 5.74) is 0. The number of carbonyl (C=O) groups excluding carboxylic acids is 1. The second kappa shape index (κ2) is 9.82. The van der Waals surface area contributed by atoms with Gasteiger partial charge in [-0.3, -0.25) is 0 Å². The first-order chi connectivity index (χ1) is 8.52. The van der Waals surface area contributed by atoms with E-state index in [1.165, 1.54) is 0 Å². The van der Waals surface area contributed by atoms with Crippen molar-refractivity contribution in [3.63, 3.8) is 0 Å². The SMILES string of the molecule is C=CCSCCNC(=O)N[C@H](C(=O)O)[C@@H](C)CC. The van der Waals surface area contributed by atoms with E-state index in [2.05, 4.69) is 17.2 Å². The first-order valence-corrected chi connectivity index (χ1v) is 7.14. The molecule has 3 N–H and O–H groups in total. The fourth-order valence-electron chi connectivity index (χ4n) is 1.28. The third-order valence-electron chi connectivity index (χ3n) is 2.53. The number of thioether (sulfide) groups is 1. The van der Waals surface area contributed by atoms with Crippen LogP contribution >= 0.6 is 11.8 Å². The lowest BCUT2D eigenvalue weighted by Gasteiger charge is -2.20. The summed E-state index contributed by atoms with van der Waals surface area (Å²) < 4.78 is 0. The molecular weight excluding hydrogens is 252 g/mol. The van der Waals surface area contributed by atoms with Crippen LogP contribution < -0.4 is 10.6 Å². The highest BCUT2D eigenvalue weighted by Crippen LogP contribution is 2.07. The third-order valence-corrected chi connectivity index (χ3v) is 3.50. The molecule has 0 bridgehead atoms. The van der Waals surface area contributed by atoms with Crippen molar-refractivity contribution in [1.29, 1.82) is 0 Å². The Balaban J connectivity index is 3.95. The summed E-state index contributed by atoms with van der Waals surface area (Å²) >= 11 is 1.65. The van der Waals surface area contributed by atoms with E-state index in [9.17, 15) is 9.59 Å². The van der Waals surface area contributed by atoms with E-state index >= 15 is 0 Å². The van der Waals surface area contributed by atoms with Crippen LogP contribution in [0.5, 0.6) is 0 Å². The molecule has 0 heterocycles. The van der Waals surface area contributed by atoms with Gasteiger partial charge in [0.15, 0.2) is 0 Å². The number of amides is 2. The van der Waals surface area contributed by atoms with Crippen LogP contribution in [0.1, 0.15) is 20.3 Å². The molecule has 0 spiro atoms. The maximum absolute atomic E-state index is 11.5. The van der Waals surface area contributed by atoms with Crippen molar-refractivity contribution in [2.75, 3.05) is 18.1 Å². The molecule has 0 fully saturated rings. The molecule has 0 aromatic carbocycles. The van der Waals surface area contributed by atoms with E-state index in [1.807, 2.05) is 6.92 Å². The molecule has 0 radical (unpaired) electrons. The van der Waals surface area contributed by atoms with Gasteiger partial charge in [-0.15, -0.1) is 6.58 Å². The Bertz CT molecular complexity index is 284. The van der Waals surface area contributed by atoms with Crippen molar-refractivity contribution in [2.24, 2.45) is 5.92 Å². The Morgan fingerprint density at radius 2 is 2.17 bits per heavy atom. The van der Waals surface area contributed by atoms with Gasteiger partial charge in [-0.05, 0) is 5.92 Å².